The van der Waals surface area contributed by atoms with Crippen molar-refractivity contribution in [2.24, 2.45) is 0 Å². The largest absolute Gasteiger partial charge is 0.341 e. The SMILES string of the molecule is O=C1CCc2cc(S(=O)(=O)NCc3ccnc(N4CCCCC4)n3)ccc2N1. The van der Waals surface area contributed by atoms with Gasteiger partial charge in [-0.25, -0.2) is 23.1 Å². The number of carbonyl (C=O) groups is 1. The number of rotatable bonds is 5. The number of nitrogens with zero attached hydrogens (tertiary/aromatic N) is 3. The van der Waals surface area contributed by atoms with E-state index in [1.807, 2.05) is 0 Å². The van der Waals surface area contributed by atoms with Crippen molar-refractivity contribution in [1.29, 1.82) is 0 Å². The molecule has 1 aromatic heterocycles. The van der Waals surface area contributed by atoms with Crippen LogP contribution in [0.5, 0.6) is 0 Å². The molecule has 0 radical (unpaired) electrons. The number of carbonyl (C=O) groups excluding carboxylic acids is 1. The number of hydrogen-bond donors (Lipinski definition) is 2. The molecule has 3 heterocycles. The second-order valence-corrected chi connectivity index (χ2v) is 8.85. The van der Waals surface area contributed by atoms with E-state index in [4.69, 9.17) is 0 Å². The zero-order valence-corrected chi connectivity index (χ0v) is 16.3. The molecule has 0 bridgehead atoms. The number of fused-ring (bicyclic) bond motifs is 1. The number of hydrogen-bond acceptors (Lipinski definition) is 6. The zero-order valence-electron chi connectivity index (χ0n) is 15.5. The molecular weight excluding hydrogens is 378 g/mol. The van der Waals surface area contributed by atoms with Gasteiger partial charge >= 0.3 is 0 Å². The Morgan fingerprint density at radius 3 is 2.75 bits per heavy atom. The van der Waals surface area contributed by atoms with Crippen LogP contribution in [0.3, 0.4) is 0 Å². The Balaban J connectivity index is 1.46. The molecule has 2 aliphatic heterocycles. The normalized spacial score (nSPS) is 17.1. The standard InChI is InChI=1S/C19H23N5O3S/c25-18-7-4-14-12-16(5-6-17(14)23-18)28(26,27)21-13-15-8-9-20-19(22-15)24-10-2-1-3-11-24/h5-6,8-9,12,21H,1-4,7,10-11,13H2,(H,23,25). The molecule has 0 atom stereocenters. The lowest BCUT2D eigenvalue weighted by atomic mass is 10.0. The second-order valence-electron chi connectivity index (χ2n) is 7.09. The molecule has 0 saturated carbocycles. The predicted octanol–water partition coefficient (Wildman–Crippen LogP) is 1.83. The lowest BCUT2D eigenvalue weighted by Crippen LogP contribution is -2.31. The lowest BCUT2D eigenvalue weighted by Gasteiger charge is -2.26. The van der Waals surface area contributed by atoms with Crippen LogP contribution < -0.4 is 14.9 Å². The summed E-state index contributed by atoms with van der Waals surface area (Å²) in [7, 11) is -3.68. The molecule has 8 nitrogen and oxygen atoms in total. The first-order valence-corrected chi connectivity index (χ1v) is 11.0. The van der Waals surface area contributed by atoms with Crippen LogP contribution in [0.2, 0.25) is 0 Å². The average Bonchev–Trinajstić information content (AvgIpc) is 2.73. The molecule has 1 fully saturated rings. The molecule has 9 heteroatoms. The Labute approximate surface area is 164 Å². The third-order valence-corrected chi connectivity index (χ3v) is 6.46. The third-order valence-electron chi connectivity index (χ3n) is 5.07. The number of amides is 1. The van der Waals surface area contributed by atoms with Gasteiger partial charge in [0.2, 0.25) is 21.9 Å². The van der Waals surface area contributed by atoms with Crippen LogP contribution >= 0.6 is 0 Å². The van der Waals surface area contributed by atoms with Crippen molar-refractivity contribution in [2.75, 3.05) is 23.3 Å². The first-order valence-electron chi connectivity index (χ1n) is 9.51. The topological polar surface area (TPSA) is 104 Å². The van der Waals surface area contributed by atoms with Gasteiger partial charge in [-0.1, -0.05) is 0 Å². The van der Waals surface area contributed by atoms with Crippen molar-refractivity contribution in [3.63, 3.8) is 0 Å². The molecule has 1 amide bonds. The van der Waals surface area contributed by atoms with Crippen molar-refractivity contribution < 1.29 is 13.2 Å². The molecule has 2 aliphatic rings. The van der Waals surface area contributed by atoms with Crippen molar-refractivity contribution in [1.82, 2.24) is 14.7 Å². The summed E-state index contributed by atoms with van der Waals surface area (Å²) in [5, 5.41) is 2.76. The summed E-state index contributed by atoms with van der Waals surface area (Å²) in [4.78, 5) is 22.6. The van der Waals surface area contributed by atoms with E-state index in [0.29, 0.717) is 30.2 Å². The molecule has 0 aliphatic carbocycles. The van der Waals surface area contributed by atoms with E-state index in [-0.39, 0.29) is 17.3 Å². The van der Waals surface area contributed by atoms with Gasteiger partial charge in [0, 0.05) is 31.4 Å². The van der Waals surface area contributed by atoms with Crippen molar-refractivity contribution in [3.8, 4) is 0 Å². The van der Waals surface area contributed by atoms with Crippen LogP contribution in [0.1, 0.15) is 36.9 Å². The minimum Gasteiger partial charge on any atom is -0.341 e. The maximum absolute atomic E-state index is 12.7. The summed E-state index contributed by atoms with van der Waals surface area (Å²) in [6.45, 7) is 1.96. The van der Waals surface area contributed by atoms with Gasteiger partial charge in [0.05, 0.1) is 17.1 Å². The highest BCUT2D eigenvalue weighted by molar-refractivity contribution is 7.89. The smallest absolute Gasteiger partial charge is 0.240 e. The highest BCUT2D eigenvalue weighted by Crippen LogP contribution is 2.25. The molecule has 2 N–H and O–H groups in total. The predicted molar refractivity (Wildman–Crippen MR) is 106 cm³/mol. The van der Waals surface area contributed by atoms with Gasteiger partial charge < -0.3 is 10.2 Å². The Kier molecular flexibility index (Phi) is 5.27. The van der Waals surface area contributed by atoms with Crippen molar-refractivity contribution in [3.05, 3.63) is 41.7 Å². The average molecular weight is 401 g/mol. The Morgan fingerprint density at radius 2 is 1.93 bits per heavy atom. The fraction of sp³-hybridized carbons (Fsp3) is 0.421. The van der Waals surface area contributed by atoms with E-state index in [2.05, 4.69) is 24.9 Å². The number of benzene rings is 1. The summed E-state index contributed by atoms with van der Waals surface area (Å²) in [5.41, 5.74) is 2.14. The number of aromatic nitrogens is 2. The molecule has 1 aromatic carbocycles. The van der Waals surface area contributed by atoms with E-state index in [1.54, 1.807) is 24.4 Å². The van der Waals surface area contributed by atoms with Crippen molar-refractivity contribution >= 4 is 27.6 Å². The van der Waals surface area contributed by atoms with Crippen LogP contribution in [0.25, 0.3) is 0 Å². The van der Waals surface area contributed by atoms with Gasteiger partial charge in [0.1, 0.15) is 0 Å². The maximum Gasteiger partial charge on any atom is 0.240 e. The molecular formula is C19H23N5O3S. The molecule has 0 spiro atoms. The van der Waals surface area contributed by atoms with E-state index in [0.717, 1.165) is 31.5 Å². The van der Waals surface area contributed by atoms with Crippen LogP contribution in [-0.4, -0.2) is 37.4 Å². The van der Waals surface area contributed by atoms with Gasteiger partial charge in [-0.05, 0) is 55.5 Å². The van der Waals surface area contributed by atoms with Gasteiger partial charge in [0.15, 0.2) is 0 Å². The second kappa shape index (κ2) is 7.84. The summed E-state index contributed by atoms with van der Waals surface area (Å²) >= 11 is 0. The number of piperidine rings is 1. The Morgan fingerprint density at radius 1 is 1.11 bits per heavy atom. The maximum atomic E-state index is 12.7. The van der Waals surface area contributed by atoms with E-state index in [9.17, 15) is 13.2 Å². The quantitative estimate of drug-likeness (QED) is 0.792. The van der Waals surface area contributed by atoms with Gasteiger partial charge in [-0.3, -0.25) is 4.79 Å². The molecule has 28 heavy (non-hydrogen) atoms. The third kappa shape index (κ3) is 4.15. The van der Waals surface area contributed by atoms with Crippen LogP contribution in [-0.2, 0) is 27.8 Å². The van der Waals surface area contributed by atoms with Crippen LogP contribution in [0, 0.1) is 0 Å². The summed E-state index contributed by atoms with van der Waals surface area (Å²) < 4.78 is 28.0. The minimum atomic E-state index is -3.68. The molecule has 2 aromatic rings. The number of aryl methyl sites for hydroxylation is 1. The van der Waals surface area contributed by atoms with E-state index in [1.165, 1.54) is 12.5 Å². The van der Waals surface area contributed by atoms with Crippen LogP contribution in [0.4, 0.5) is 11.6 Å². The number of anilines is 2. The lowest BCUT2D eigenvalue weighted by molar-refractivity contribution is -0.116. The minimum absolute atomic E-state index is 0.0468. The Hall–Kier alpha value is -2.52. The fourth-order valence-electron chi connectivity index (χ4n) is 3.51. The van der Waals surface area contributed by atoms with Crippen LogP contribution in [0.15, 0.2) is 35.4 Å². The highest BCUT2D eigenvalue weighted by atomic mass is 32.2. The summed E-state index contributed by atoms with van der Waals surface area (Å²) in [5.74, 6) is 0.607. The molecule has 4 rings (SSSR count). The summed E-state index contributed by atoms with van der Waals surface area (Å²) in [6, 6.07) is 6.49. The molecule has 148 valence electrons. The van der Waals surface area contributed by atoms with Gasteiger partial charge in [-0.15, -0.1) is 0 Å². The molecule has 0 unspecified atom stereocenters. The van der Waals surface area contributed by atoms with Gasteiger partial charge in [0.25, 0.3) is 0 Å². The number of nitrogens with one attached hydrogen (secondary N) is 2. The Bertz CT molecular complexity index is 987. The van der Waals surface area contributed by atoms with E-state index >= 15 is 0 Å². The zero-order chi connectivity index (χ0) is 19.6. The first kappa shape index (κ1) is 18.8. The summed E-state index contributed by atoms with van der Waals surface area (Å²) in [6.07, 6.45) is 6.04. The van der Waals surface area contributed by atoms with E-state index < -0.39 is 10.0 Å². The molecule has 1 saturated heterocycles. The van der Waals surface area contributed by atoms with Crippen molar-refractivity contribution in [2.45, 2.75) is 43.5 Å². The number of sulfonamides is 1. The first-order chi connectivity index (χ1) is 13.5. The highest BCUT2D eigenvalue weighted by Gasteiger charge is 2.20. The fourth-order valence-corrected chi connectivity index (χ4v) is 4.56. The van der Waals surface area contributed by atoms with Gasteiger partial charge in [-0.2, -0.15) is 0 Å². The monoisotopic (exact) mass is 401 g/mol.